The molecular weight excluding hydrogens is 234 g/mol. The number of aryl methyl sites for hydroxylation is 2. The van der Waals surface area contributed by atoms with E-state index in [0.717, 1.165) is 5.84 Å². The Bertz CT molecular complexity index is 580. The van der Waals surface area contributed by atoms with Crippen LogP contribution in [0.4, 0.5) is 5.95 Å². The fraction of sp³-hybridized carbons (Fsp3) is 0.333. The van der Waals surface area contributed by atoms with Crippen LogP contribution in [0.1, 0.15) is 5.56 Å². The van der Waals surface area contributed by atoms with Gasteiger partial charge in [-0.1, -0.05) is 15.3 Å². The van der Waals surface area contributed by atoms with Gasteiger partial charge in [0.05, 0.1) is 7.05 Å². The first-order valence-corrected chi connectivity index (χ1v) is 5.47. The molecular formula is C9H13N9. The number of amidine groups is 1. The highest BCUT2D eigenvalue weighted by molar-refractivity contribution is 5.85. The molecule has 2 N–H and O–H groups in total. The predicted molar refractivity (Wildman–Crippen MR) is 62.5 cm³/mol. The highest BCUT2D eigenvalue weighted by Crippen LogP contribution is 2.02. The van der Waals surface area contributed by atoms with Crippen LogP contribution in [0.2, 0.25) is 0 Å². The molecule has 18 heavy (non-hydrogen) atoms. The third kappa shape index (κ3) is 2.08. The van der Waals surface area contributed by atoms with Gasteiger partial charge in [-0.15, -0.1) is 0 Å². The predicted octanol–water partition coefficient (Wildman–Crippen LogP) is -1.57. The largest absolute Gasteiger partial charge is 0.420 e. The Balaban J connectivity index is 1.72. The van der Waals surface area contributed by atoms with E-state index in [9.17, 15) is 0 Å². The lowest BCUT2D eigenvalue weighted by Gasteiger charge is -2.12. The van der Waals surface area contributed by atoms with Crippen molar-refractivity contribution in [3.63, 3.8) is 0 Å². The second kappa shape index (κ2) is 4.20. The van der Waals surface area contributed by atoms with E-state index >= 15 is 0 Å². The van der Waals surface area contributed by atoms with E-state index in [1.54, 1.807) is 7.05 Å². The molecule has 0 spiro atoms. The molecule has 0 bridgehead atoms. The third-order valence-electron chi connectivity index (χ3n) is 2.50. The van der Waals surface area contributed by atoms with Gasteiger partial charge in [0.2, 0.25) is 0 Å². The van der Waals surface area contributed by atoms with Crippen LogP contribution >= 0.6 is 0 Å². The van der Waals surface area contributed by atoms with E-state index in [1.807, 2.05) is 30.1 Å². The Labute approximate surface area is 103 Å². The van der Waals surface area contributed by atoms with Crippen molar-refractivity contribution < 1.29 is 5.12 Å². The number of hydrogen-bond donors (Lipinski definition) is 2. The highest BCUT2D eigenvalue weighted by Gasteiger charge is 2.17. The van der Waals surface area contributed by atoms with Crippen molar-refractivity contribution >= 4 is 11.8 Å². The molecule has 0 radical (unpaired) electrons. The van der Waals surface area contributed by atoms with Gasteiger partial charge in [0.25, 0.3) is 0 Å². The monoisotopic (exact) mass is 247 g/mol. The second-order valence-corrected chi connectivity index (χ2v) is 4.07. The van der Waals surface area contributed by atoms with E-state index in [0.29, 0.717) is 17.5 Å². The molecule has 2 aromatic rings. The van der Waals surface area contributed by atoms with Crippen LogP contribution in [0.5, 0.6) is 0 Å². The average molecular weight is 247 g/mol. The minimum Gasteiger partial charge on any atom is -0.420 e. The number of quaternary nitrogens is 1. The molecule has 0 aliphatic carbocycles. The normalized spacial score (nSPS) is 18.8. The Morgan fingerprint density at radius 1 is 1.44 bits per heavy atom. The van der Waals surface area contributed by atoms with Gasteiger partial charge in [-0.3, -0.25) is 0 Å². The highest BCUT2D eigenvalue weighted by atomic mass is 15.9. The Morgan fingerprint density at radius 2 is 2.33 bits per heavy atom. The lowest BCUT2D eigenvalue weighted by atomic mass is 10.2. The molecule has 9 heteroatoms. The molecule has 0 fully saturated rings. The van der Waals surface area contributed by atoms with E-state index in [1.165, 1.54) is 10.4 Å². The molecule has 9 nitrogen and oxygen atoms in total. The van der Waals surface area contributed by atoms with Crippen LogP contribution in [0, 0.1) is 0 Å². The first-order chi connectivity index (χ1) is 8.70. The zero-order valence-electron chi connectivity index (χ0n) is 10.1. The van der Waals surface area contributed by atoms with Crippen molar-refractivity contribution in [3.8, 4) is 0 Å². The fourth-order valence-electron chi connectivity index (χ4n) is 1.71. The maximum atomic E-state index is 4.34. The van der Waals surface area contributed by atoms with Crippen LogP contribution in [-0.4, -0.2) is 30.6 Å². The molecule has 0 amide bonds. The smallest absolute Gasteiger partial charge is 0.384 e. The molecule has 3 rings (SSSR count). The quantitative estimate of drug-likeness (QED) is 0.685. The van der Waals surface area contributed by atoms with Gasteiger partial charge in [-0.2, -0.15) is 9.91 Å². The summed E-state index contributed by atoms with van der Waals surface area (Å²) in [6.07, 6.45) is 4.74. The minimum absolute atomic E-state index is 0.424. The molecule has 0 aromatic carbocycles. The van der Waals surface area contributed by atoms with Crippen LogP contribution < -0.4 is 10.5 Å². The number of nitrogens with zero attached hydrogens (tertiary/aromatic N) is 7. The minimum atomic E-state index is 0.424. The number of rotatable bonds is 3. The number of tetrazole rings is 1. The van der Waals surface area contributed by atoms with Crippen LogP contribution in [0.25, 0.3) is 5.53 Å². The third-order valence-corrected chi connectivity index (χ3v) is 2.50. The van der Waals surface area contributed by atoms with Crippen molar-refractivity contribution in [2.24, 2.45) is 19.2 Å². The van der Waals surface area contributed by atoms with Crippen molar-refractivity contribution in [2.45, 2.75) is 6.42 Å². The maximum Gasteiger partial charge on any atom is 0.384 e. The fourth-order valence-corrected chi connectivity index (χ4v) is 1.71. The second-order valence-electron chi connectivity index (χ2n) is 4.07. The number of hydrogen-bond acceptors (Lipinski definition) is 5. The molecule has 1 aliphatic rings. The summed E-state index contributed by atoms with van der Waals surface area (Å²) in [5.74, 6) is 1.21. The summed E-state index contributed by atoms with van der Waals surface area (Å²) >= 11 is 0. The maximum absolute atomic E-state index is 4.34. The van der Waals surface area contributed by atoms with E-state index < -0.39 is 0 Å². The molecule has 1 aliphatic heterocycles. The van der Waals surface area contributed by atoms with Crippen molar-refractivity contribution in [2.75, 3.05) is 0 Å². The van der Waals surface area contributed by atoms with Gasteiger partial charge in [-0.05, 0) is 16.8 Å². The molecule has 1 atom stereocenters. The summed E-state index contributed by atoms with van der Waals surface area (Å²) in [5, 5.41) is 16.5. The summed E-state index contributed by atoms with van der Waals surface area (Å²) in [7, 11) is 3.69. The van der Waals surface area contributed by atoms with Gasteiger partial charge in [0.15, 0.2) is 0 Å². The summed E-state index contributed by atoms with van der Waals surface area (Å²) in [5.41, 5.74) is 8.14. The SMILES string of the molecule is Cn1ccc(CC2=N[NH+](c3nnn(C)n3)[N-]N2)c1. The molecule has 0 saturated carbocycles. The summed E-state index contributed by atoms with van der Waals surface area (Å²) in [4.78, 5) is 1.38. The molecule has 94 valence electrons. The van der Waals surface area contributed by atoms with Crippen LogP contribution in [0.15, 0.2) is 23.6 Å². The zero-order chi connectivity index (χ0) is 12.5. The van der Waals surface area contributed by atoms with Crippen molar-refractivity contribution in [1.29, 1.82) is 0 Å². The van der Waals surface area contributed by atoms with Crippen LogP contribution in [0.3, 0.4) is 0 Å². The first kappa shape index (κ1) is 10.9. The lowest BCUT2D eigenvalue weighted by molar-refractivity contribution is -0.801. The first-order valence-electron chi connectivity index (χ1n) is 5.47. The molecule has 1 unspecified atom stereocenters. The summed E-state index contributed by atoms with van der Waals surface area (Å²) in [6, 6.07) is 2.04. The van der Waals surface area contributed by atoms with E-state index in [2.05, 4.69) is 31.5 Å². The Hall–Kier alpha value is -2.26. The standard InChI is InChI=1S/C9H13N9/c1-16-4-3-7(6-16)5-8-10-15-18(12-8)9-11-14-17(2)13-9/h3-4,6,18H,5H2,1-2H3,(H,10,12). The van der Waals surface area contributed by atoms with Gasteiger partial charge < -0.3 is 15.5 Å². The molecule has 0 saturated heterocycles. The van der Waals surface area contributed by atoms with Gasteiger partial charge >= 0.3 is 5.95 Å². The average Bonchev–Trinajstić information content (AvgIpc) is 3.01. The van der Waals surface area contributed by atoms with Crippen LogP contribution in [-0.2, 0) is 20.5 Å². The van der Waals surface area contributed by atoms with Crippen molar-refractivity contribution in [3.05, 3.63) is 29.6 Å². The zero-order valence-corrected chi connectivity index (χ0v) is 10.1. The molecule has 2 aromatic heterocycles. The Morgan fingerprint density at radius 3 is 3.00 bits per heavy atom. The number of aromatic nitrogens is 5. The number of nitrogens with one attached hydrogen (secondary N) is 2. The van der Waals surface area contributed by atoms with Gasteiger partial charge in [0, 0.05) is 25.9 Å². The molecule has 3 heterocycles. The van der Waals surface area contributed by atoms with E-state index in [-0.39, 0.29) is 0 Å². The van der Waals surface area contributed by atoms with Gasteiger partial charge in [0.1, 0.15) is 5.84 Å². The lowest BCUT2D eigenvalue weighted by Crippen LogP contribution is -2.97. The summed E-state index contributed by atoms with van der Waals surface area (Å²) in [6.45, 7) is 0. The Kier molecular flexibility index (Phi) is 2.54. The van der Waals surface area contributed by atoms with E-state index in [4.69, 9.17) is 0 Å². The van der Waals surface area contributed by atoms with Gasteiger partial charge in [-0.25, -0.2) is 0 Å². The summed E-state index contributed by atoms with van der Waals surface area (Å²) < 4.78 is 2.00. The van der Waals surface area contributed by atoms with Crippen molar-refractivity contribution in [1.82, 2.24) is 30.2 Å². The topological polar surface area (TPSA) is 91.5 Å².